The lowest BCUT2D eigenvalue weighted by Gasteiger charge is -2.33. The summed E-state index contributed by atoms with van der Waals surface area (Å²) in [5.74, 6) is 0.616. The van der Waals surface area contributed by atoms with Gasteiger partial charge in [0.2, 0.25) is 0 Å². The van der Waals surface area contributed by atoms with Gasteiger partial charge in [-0.15, -0.1) is 0 Å². The van der Waals surface area contributed by atoms with Gasteiger partial charge in [-0.3, -0.25) is 4.79 Å². The van der Waals surface area contributed by atoms with Crippen LogP contribution in [0.15, 0.2) is 121 Å². The van der Waals surface area contributed by atoms with Crippen LogP contribution >= 0.6 is 7.60 Å². The van der Waals surface area contributed by atoms with Crippen molar-refractivity contribution in [2.24, 2.45) is 0 Å². The molecule has 0 spiro atoms. The summed E-state index contributed by atoms with van der Waals surface area (Å²) < 4.78 is 31.9. The number of benzene rings is 4. The standard InChI is InChI=1S/C29H27O5P/c1-32-29(25-16-8-3-9-17-25,28(30)24-14-6-2-7-15-24)22-23-35(31,33-26-18-10-4-11-19-26)34-27-20-12-5-13-21-27/h2-21H,22-23H2,1H3. The molecule has 0 bridgehead atoms. The lowest BCUT2D eigenvalue weighted by atomic mass is 9.83. The van der Waals surface area contributed by atoms with Crippen molar-refractivity contribution >= 4 is 13.4 Å². The first-order valence-corrected chi connectivity index (χ1v) is 13.1. The van der Waals surface area contributed by atoms with E-state index in [1.54, 1.807) is 72.8 Å². The maximum Gasteiger partial charge on any atom is 0.430 e. The Morgan fingerprint density at radius 3 is 1.57 bits per heavy atom. The van der Waals surface area contributed by atoms with Crippen LogP contribution in [0.5, 0.6) is 11.5 Å². The van der Waals surface area contributed by atoms with Gasteiger partial charge in [-0.2, -0.15) is 0 Å². The minimum Gasteiger partial charge on any atom is -0.416 e. The van der Waals surface area contributed by atoms with Crippen LogP contribution in [-0.4, -0.2) is 19.1 Å². The number of para-hydroxylation sites is 2. The number of ether oxygens (including phenoxy) is 1. The second-order valence-corrected chi connectivity index (χ2v) is 10.0. The van der Waals surface area contributed by atoms with Crippen LogP contribution in [-0.2, 0) is 14.9 Å². The molecule has 6 heteroatoms. The SMILES string of the molecule is COC(CCP(=O)(Oc1ccccc1)Oc1ccccc1)(C(=O)c1ccccc1)c1ccccc1. The average Bonchev–Trinajstić information content (AvgIpc) is 2.91. The van der Waals surface area contributed by atoms with E-state index in [1.165, 1.54) is 7.11 Å². The fraction of sp³-hybridized carbons (Fsp3) is 0.138. The second-order valence-electron chi connectivity index (χ2n) is 7.99. The van der Waals surface area contributed by atoms with Crippen molar-refractivity contribution in [2.75, 3.05) is 13.3 Å². The van der Waals surface area contributed by atoms with E-state index in [-0.39, 0.29) is 18.4 Å². The van der Waals surface area contributed by atoms with Gasteiger partial charge in [-0.1, -0.05) is 97.1 Å². The Balaban J connectivity index is 1.70. The molecule has 4 aromatic rings. The molecule has 4 rings (SSSR count). The number of hydrogen-bond acceptors (Lipinski definition) is 5. The molecular weight excluding hydrogens is 459 g/mol. The van der Waals surface area contributed by atoms with Crippen LogP contribution in [0.25, 0.3) is 0 Å². The molecular formula is C29H27O5P. The smallest absolute Gasteiger partial charge is 0.416 e. The van der Waals surface area contributed by atoms with E-state index in [0.29, 0.717) is 22.6 Å². The van der Waals surface area contributed by atoms with Gasteiger partial charge in [0.1, 0.15) is 11.5 Å². The maximum atomic E-state index is 14.1. The zero-order valence-electron chi connectivity index (χ0n) is 19.4. The van der Waals surface area contributed by atoms with Gasteiger partial charge in [0.05, 0.1) is 6.16 Å². The summed E-state index contributed by atoms with van der Waals surface area (Å²) in [5.41, 5.74) is -0.207. The quantitative estimate of drug-likeness (QED) is 0.166. The first kappa shape index (κ1) is 24.5. The molecule has 0 saturated carbocycles. The molecule has 0 aliphatic carbocycles. The maximum absolute atomic E-state index is 14.1. The Hall–Kier alpha value is -3.66. The van der Waals surface area contributed by atoms with E-state index in [2.05, 4.69) is 0 Å². The van der Waals surface area contributed by atoms with E-state index >= 15 is 0 Å². The molecule has 0 saturated heterocycles. The summed E-state index contributed by atoms with van der Waals surface area (Å²) in [6, 6.07) is 36.0. The fourth-order valence-electron chi connectivity index (χ4n) is 3.92. The van der Waals surface area contributed by atoms with Gasteiger partial charge in [0, 0.05) is 19.1 Å². The molecule has 0 fully saturated rings. The van der Waals surface area contributed by atoms with Gasteiger partial charge in [-0.05, 0) is 29.8 Å². The Morgan fingerprint density at radius 1 is 0.686 bits per heavy atom. The Labute approximate surface area is 205 Å². The second kappa shape index (κ2) is 11.2. The number of carbonyl (C=O) groups is 1. The monoisotopic (exact) mass is 486 g/mol. The molecule has 0 aromatic heterocycles. The van der Waals surface area contributed by atoms with Crippen LogP contribution < -0.4 is 9.05 Å². The lowest BCUT2D eigenvalue weighted by Crippen LogP contribution is -2.39. The topological polar surface area (TPSA) is 61.8 Å². The molecule has 4 aromatic carbocycles. The number of methoxy groups -OCH3 is 1. The minimum atomic E-state index is -3.76. The number of hydrogen-bond donors (Lipinski definition) is 0. The highest BCUT2D eigenvalue weighted by atomic mass is 31.2. The molecule has 1 unspecified atom stereocenters. The molecule has 0 heterocycles. The van der Waals surface area contributed by atoms with Crippen LogP contribution in [0.3, 0.4) is 0 Å². The van der Waals surface area contributed by atoms with Crippen LogP contribution in [0, 0.1) is 0 Å². The van der Waals surface area contributed by atoms with Gasteiger partial charge >= 0.3 is 7.60 Å². The molecule has 1 atom stereocenters. The van der Waals surface area contributed by atoms with Crippen molar-refractivity contribution in [1.82, 2.24) is 0 Å². The van der Waals surface area contributed by atoms with E-state index in [1.807, 2.05) is 48.5 Å². The summed E-state index contributed by atoms with van der Waals surface area (Å²) in [6.45, 7) is 0. The van der Waals surface area contributed by atoms with E-state index in [9.17, 15) is 9.36 Å². The van der Waals surface area contributed by atoms with Crippen molar-refractivity contribution in [3.05, 3.63) is 132 Å². The lowest BCUT2D eigenvalue weighted by molar-refractivity contribution is -0.00344. The average molecular weight is 487 g/mol. The third kappa shape index (κ3) is 5.89. The Morgan fingerprint density at radius 2 is 1.11 bits per heavy atom. The molecule has 0 aliphatic heterocycles. The van der Waals surface area contributed by atoms with E-state index in [4.69, 9.17) is 13.8 Å². The summed E-state index contributed by atoms with van der Waals surface area (Å²) in [5, 5.41) is 0. The number of Topliss-reactive ketones (excluding diaryl/α,β-unsaturated/α-hetero) is 1. The predicted octanol–water partition coefficient (Wildman–Crippen LogP) is 7.15. The summed E-state index contributed by atoms with van der Waals surface area (Å²) in [6.07, 6.45) is 0.0241. The fourth-order valence-corrected chi connectivity index (χ4v) is 5.61. The third-order valence-corrected chi connectivity index (χ3v) is 7.45. The molecule has 0 radical (unpaired) electrons. The zero-order chi connectivity index (χ0) is 24.6. The zero-order valence-corrected chi connectivity index (χ0v) is 20.3. The molecule has 35 heavy (non-hydrogen) atoms. The highest BCUT2D eigenvalue weighted by Gasteiger charge is 2.44. The van der Waals surface area contributed by atoms with Crippen LogP contribution in [0.4, 0.5) is 0 Å². The molecule has 0 N–H and O–H groups in total. The molecule has 178 valence electrons. The van der Waals surface area contributed by atoms with Gasteiger partial charge < -0.3 is 13.8 Å². The normalized spacial score (nSPS) is 12.9. The van der Waals surface area contributed by atoms with Crippen molar-refractivity contribution in [1.29, 1.82) is 0 Å². The van der Waals surface area contributed by atoms with E-state index in [0.717, 1.165) is 0 Å². The number of ketones is 1. The van der Waals surface area contributed by atoms with Crippen molar-refractivity contribution in [3.8, 4) is 11.5 Å². The van der Waals surface area contributed by atoms with Crippen molar-refractivity contribution in [3.63, 3.8) is 0 Å². The van der Waals surface area contributed by atoms with Crippen molar-refractivity contribution in [2.45, 2.75) is 12.0 Å². The predicted molar refractivity (Wildman–Crippen MR) is 137 cm³/mol. The summed E-state index contributed by atoms with van der Waals surface area (Å²) in [7, 11) is -2.26. The highest BCUT2D eigenvalue weighted by molar-refractivity contribution is 7.54. The Kier molecular flexibility index (Phi) is 7.81. The first-order chi connectivity index (χ1) is 17.0. The number of rotatable bonds is 11. The molecule has 5 nitrogen and oxygen atoms in total. The Bertz CT molecular complexity index is 1220. The van der Waals surface area contributed by atoms with Gasteiger partial charge in [0.15, 0.2) is 11.4 Å². The number of carbonyl (C=O) groups excluding carboxylic acids is 1. The van der Waals surface area contributed by atoms with Crippen LogP contribution in [0.2, 0.25) is 0 Å². The first-order valence-electron chi connectivity index (χ1n) is 11.3. The van der Waals surface area contributed by atoms with E-state index < -0.39 is 13.2 Å². The van der Waals surface area contributed by atoms with Crippen LogP contribution in [0.1, 0.15) is 22.3 Å². The molecule has 0 aliphatic rings. The molecule has 0 amide bonds. The minimum absolute atomic E-state index is 0.0574. The van der Waals surface area contributed by atoms with Gasteiger partial charge in [-0.25, -0.2) is 4.57 Å². The third-order valence-electron chi connectivity index (χ3n) is 5.70. The summed E-state index contributed by atoms with van der Waals surface area (Å²) >= 11 is 0. The van der Waals surface area contributed by atoms with Crippen molar-refractivity contribution < 1.29 is 23.1 Å². The summed E-state index contributed by atoms with van der Waals surface area (Å²) in [4.78, 5) is 13.8. The van der Waals surface area contributed by atoms with Gasteiger partial charge in [0.25, 0.3) is 0 Å². The largest absolute Gasteiger partial charge is 0.430 e. The highest BCUT2D eigenvalue weighted by Crippen LogP contribution is 2.51.